The fourth-order valence-corrected chi connectivity index (χ4v) is 3.32. The molecule has 0 heterocycles. The fourth-order valence-electron chi connectivity index (χ4n) is 2.34. The SMILES string of the molecule is CCOc1ccccc1NC(=O)COc1ccc(S(=O)(=O)N(C)C)cc1C. The summed E-state index contributed by atoms with van der Waals surface area (Å²) in [5, 5.41) is 2.74. The normalized spacial score (nSPS) is 11.3. The number of hydrogen-bond acceptors (Lipinski definition) is 5. The van der Waals surface area contributed by atoms with Crippen molar-refractivity contribution in [2.24, 2.45) is 0 Å². The predicted octanol–water partition coefficient (Wildman–Crippen LogP) is 2.66. The highest BCUT2D eigenvalue weighted by molar-refractivity contribution is 7.89. The molecule has 1 N–H and O–H groups in total. The first-order valence-electron chi connectivity index (χ1n) is 8.43. The second-order valence-electron chi connectivity index (χ2n) is 5.98. The maximum absolute atomic E-state index is 12.2. The molecule has 146 valence electrons. The van der Waals surface area contributed by atoms with Crippen LogP contribution in [-0.2, 0) is 14.8 Å². The predicted molar refractivity (Wildman–Crippen MR) is 104 cm³/mol. The molecule has 2 aromatic carbocycles. The highest BCUT2D eigenvalue weighted by atomic mass is 32.2. The van der Waals surface area contributed by atoms with Gasteiger partial charge in [0.2, 0.25) is 10.0 Å². The lowest BCUT2D eigenvalue weighted by molar-refractivity contribution is -0.118. The molecule has 0 aliphatic heterocycles. The van der Waals surface area contributed by atoms with Crippen LogP contribution in [0.1, 0.15) is 12.5 Å². The summed E-state index contributed by atoms with van der Waals surface area (Å²) in [5.74, 6) is 0.690. The smallest absolute Gasteiger partial charge is 0.262 e. The molecule has 0 unspecified atom stereocenters. The van der Waals surface area contributed by atoms with Crippen LogP contribution in [0.25, 0.3) is 0 Å². The Labute approximate surface area is 160 Å². The number of rotatable bonds is 8. The van der Waals surface area contributed by atoms with Crippen molar-refractivity contribution in [3.05, 3.63) is 48.0 Å². The Balaban J connectivity index is 2.04. The van der Waals surface area contributed by atoms with E-state index >= 15 is 0 Å². The van der Waals surface area contributed by atoms with Crippen LogP contribution in [0.2, 0.25) is 0 Å². The molecule has 1 amide bonds. The molecule has 0 aromatic heterocycles. The van der Waals surface area contributed by atoms with Gasteiger partial charge in [0.15, 0.2) is 6.61 Å². The lowest BCUT2D eigenvalue weighted by atomic mass is 10.2. The van der Waals surface area contributed by atoms with Gasteiger partial charge in [-0.25, -0.2) is 12.7 Å². The van der Waals surface area contributed by atoms with E-state index in [4.69, 9.17) is 9.47 Å². The Morgan fingerprint density at radius 3 is 2.41 bits per heavy atom. The first kappa shape index (κ1) is 20.7. The van der Waals surface area contributed by atoms with E-state index in [9.17, 15) is 13.2 Å². The zero-order valence-corrected chi connectivity index (χ0v) is 16.7. The van der Waals surface area contributed by atoms with E-state index in [2.05, 4.69) is 5.32 Å². The third-order valence-electron chi connectivity index (χ3n) is 3.74. The van der Waals surface area contributed by atoms with Crippen LogP contribution in [0.5, 0.6) is 11.5 Å². The maximum Gasteiger partial charge on any atom is 0.262 e. The molecule has 8 heteroatoms. The fraction of sp³-hybridized carbons (Fsp3) is 0.316. The van der Waals surface area contributed by atoms with Crippen molar-refractivity contribution in [1.82, 2.24) is 4.31 Å². The van der Waals surface area contributed by atoms with E-state index in [0.717, 1.165) is 4.31 Å². The molecule has 0 saturated heterocycles. The van der Waals surface area contributed by atoms with E-state index in [0.29, 0.717) is 29.4 Å². The number of para-hydroxylation sites is 2. The molecule has 0 fully saturated rings. The summed E-state index contributed by atoms with van der Waals surface area (Å²) < 4.78 is 36.5. The number of benzene rings is 2. The summed E-state index contributed by atoms with van der Waals surface area (Å²) in [5.41, 5.74) is 1.19. The Morgan fingerprint density at radius 2 is 1.78 bits per heavy atom. The quantitative estimate of drug-likeness (QED) is 0.747. The van der Waals surface area contributed by atoms with Crippen molar-refractivity contribution < 1.29 is 22.7 Å². The molecule has 2 aromatic rings. The highest BCUT2D eigenvalue weighted by Crippen LogP contribution is 2.25. The van der Waals surface area contributed by atoms with Gasteiger partial charge in [-0.3, -0.25) is 4.79 Å². The molecular weight excluding hydrogens is 368 g/mol. The molecule has 0 aliphatic rings. The van der Waals surface area contributed by atoms with E-state index in [1.807, 2.05) is 13.0 Å². The number of carbonyl (C=O) groups excluding carboxylic acids is 1. The van der Waals surface area contributed by atoms with Crippen LogP contribution in [0.4, 0.5) is 5.69 Å². The molecule has 7 nitrogen and oxygen atoms in total. The van der Waals surface area contributed by atoms with Gasteiger partial charge in [-0.05, 0) is 49.7 Å². The summed E-state index contributed by atoms with van der Waals surface area (Å²) in [6.07, 6.45) is 0. The number of carbonyl (C=O) groups is 1. The zero-order chi connectivity index (χ0) is 20.0. The summed E-state index contributed by atoms with van der Waals surface area (Å²) in [6, 6.07) is 11.7. The topological polar surface area (TPSA) is 84.9 Å². The molecule has 0 saturated carbocycles. The second kappa shape index (κ2) is 8.88. The van der Waals surface area contributed by atoms with E-state index in [1.54, 1.807) is 31.2 Å². The largest absolute Gasteiger partial charge is 0.492 e. The van der Waals surface area contributed by atoms with Crippen LogP contribution < -0.4 is 14.8 Å². The first-order valence-corrected chi connectivity index (χ1v) is 9.87. The van der Waals surface area contributed by atoms with Crippen molar-refractivity contribution in [3.8, 4) is 11.5 Å². The number of aryl methyl sites for hydroxylation is 1. The number of amides is 1. The number of ether oxygens (including phenoxy) is 2. The van der Waals surface area contributed by atoms with Crippen molar-refractivity contribution >= 4 is 21.6 Å². The van der Waals surface area contributed by atoms with E-state index in [1.165, 1.54) is 26.2 Å². The van der Waals surface area contributed by atoms with Crippen LogP contribution in [0, 0.1) is 6.92 Å². The van der Waals surface area contributed by atoms with E-state index in [-0.39, 0.29) is 17.4 Å². The van der Waals surface area contributed by atoms with Gasteiger partial charge >= 0.3 is 0 Å². The number of nitrogens with zero attached hydrogens (tertiary/aromatic N) is 1. The molecule has 0 spiro atoms. The van der Waals surface area contributed by atoms with Crippen molar-refractivity contribution in [2.45, 2.75) is 18.7 Å². The van der Waals surface area contributed by atoms with Crippen molar-refractivity contribution in [1.29, 1.82) is 0 Å². The lowest BCUT2D eigenvalue weighted by Crippen LogP contribution is -2.22. The third-order valence-corrected chi connectivity index (χ3v) is 5.56. The number of sulfonamides is 1. The molecule has 0 radical (unpaired) electrons. The van der Waals surface area contributed by atoms with E-state index < -0.39 is 10.0 Å². The molecule has 2 rings (SSSR count). The molecule has 27 heavy (non-hydrogen) atoms. The summed E-state index contributed by atoms with van der Waals surface area (Å²) in [6.45, 7) is 3.88. The Kier molecular flexibility index (Phi) is 6.81. The number of anilines is 1. The van der Waals surface area contributed by atoms with Crippen molar-refractivity contribution in [3.63, 3.8) is 0 Å². The minimum absolute atomic E-state index is 0.174. The van der Waals surface area contributed by atoms with Gasteiger partial charge in [0.1, 0.15) is 11.5 Å². The summed E-state index contributed by atoms with van der Waals surface area (Å²) >= 11 is 0. The van der Waals surface area contributed by atoms with Gasteiger partial charge < -0.3 is 14.8 Å². The molecule has 0 aliphatic carbocycles. The van der Waals surface area contributed by atoms with Crippen LogP contribution in [-0.4, -0.2) is 45.9 Å². The molecule has 0 atom stereocenters. The van der Waals surface area contributed by atoms with Gasteiger partial charge in [0, 0.05) is 14.1 Å². The van der Waals surface area contributed by atoms with Crippen LogP contribution >= 0.6 is 0 Å². The second-order valence-corrected chi connectivity index (χ2v) is 8.13. The minimum atomic E-state index is -3.51. The Morgan fingerprint density at radius 1 is 1.07 bits per heavy atom. The standard InChI is InChI=1S/C19H24N2O5S/c1-5-25-18-9-7-6-8-16(18)20-19(22)13-26-17-11-10-15(12-14(17)2)27(23,24)21(3)4/h6-12H,5,13H2,1-4H3,(H,20,22). The Bertz CT molecular complexity index is 910. The minimum Gasteiger partial charge on any atom is -0.492 e. The van der Waals surface area contributed by atoms with Gasteiger partial charge in [-0.1, -0.05) is 12.1 Å². The lowest BCUT2D eigenvalue weighted by Gasteiger charge is -2.14. The van der Waals surface area contributed by atoms with Gasteiger partial charge in [0.25, 0.3) is 5.91 Å². The third kappa shape index (κ3) is 5.21. The van der Waals surface area contributed by atoms with Crippen molar-refractivity contribution in [2.75, 3.05) is 32.6 Å². The van der Waals surface area contributed by atoms with Gasteiger partial charge in [0.05, 0.1) is 17.2 Å². The van der Waals surface area contributed by atoms with Gasteiger partial charge in [-0.15, -0.1) is 0 Å². The average Bonchev–Trinajstić information content (AvgIpc) is 2.62. The summed E-state index contributed by atoms with van der Waals surface area (Å²) in [7, 11) is -0.570. The van der Waals surface area contributed by atoms with Gasteiger partial charge in [-0.2, -0.15) is 0 Å². The van der Waals surface area contributed by atoms with Crippen LogP contribution in [0.3, 0.4) is 0 Å². The number of nitrogens with one attached hydrogen (secondary N) is 1. The Hall–Kier alpha value is -2.58. The summed E-state index contributed by atoms with van der Waals surface area (Å²) in [4.78, 5) is 12.3. The zero-order valence-electron chi connectivity index (χ0n) is 15.9. The number of hydrogen-bond donors (Lipinski definition) is 1. The maximum atomic E-state index is 12.2. The highest BCUT2D eigenvalue weighted by Gasteiger charge is 2.18. The van der Waals surface area contributed by atoms with Crippen LogP contribution in [0.15, 0.2) is 47.4 Å². The first-order chi connectivity index (χ1) is 12.8. The molecule has 0 bridgehead atoms. The monoisotopic (exact) mass is 392 g/mol. The average molecular weight is 392 g/mol. The molecular formula is C19H24N2O5S.